The lowest BCUT2D eigenvalue weighted by Crippen LogP contribution is -2.27. The number of amides is 1. The van der Waals surface area contributed by atoms with Gasteiger partial charge in [-0.2, -0.15) is 0 Å². The summed E-state index contributed by atoms with van der Waals surface area (Å²) >= 11 is 0. The van der Waals surface area contributed by atoms with Crippen LogP contribution in [0.15, 0.2) is 66.7 Å². The molecule has 3 aromatic carbocycles. The monoisotopic (exact) mass is 432 g/mol. The fourth-order valence-electron chi connectivity index (χ4n) is 3.23. The van der Waals surface area contributed by atoms with E-state index in [1.165, 1.54) is 5.56 Å². The molecule has 32 heavy (non-hydrogen) atoms. The summed E-state index contributed by atoms with van der Waals surface area (Å²) in [5.74, 6) is 1.75. The van der Waals surface area contributed by atoms with Crippen molar-refractivity contribution in [3.05, 3.63) is 89.0 Å². The third kappa shape index (κ3) is 6.51. The molecule has 2 N–H and O–H groups in total. The average Bonchev–Trinajstić information content (AvgIpc) is 2.81. The van der Waals surface area contributed by atoms with Crippen molar-refractivity contribution in [2.45, 2.75) is 33.9 Å². The van der Waals surface area contributed by atoms with Crippen LogP contribution in [-0.4, -0.2) is 19.6 Å². The van der Waals surface area contributed by atoms with Crippen molar-refractivity contribution in [2.24, 2.45) is 5.92 Å². The van der Waals surface area contributed by atoms with E-state index in [1.54, 1.807) is 7.11 Å². The molecule has 0 bridgehead atoms. The topological polar surface area (TPSA) is 59.6 Å². The first-order valence-electron chi connectivity index (χ1n) is 10.9. The molecule has 1 amide bonds. The van der Waals surface area contributed by atoms with E-state index in [9.17, 15) is 4.79 Å². The lowest BCUT2D eigenvalue weighted by Gasteiger charge is -2.16. The molecule has 0 aliphatic carbocycles. The SMILES string of the molecule is COc1cccc(CNc2cccc(C(=O)NCC(C)C)c2)c1OCc1ccc(C)cc1. The van der Waals surface area contributed by atoms with Crippen LogP contribution in [0.1, 0.15) is 40.9 Å². The third-order valence-electron chi connectivity index (χ3n) is 5.06. The zero-order valence-electron chi connectivity index (χ0n) is 19.3. The van der Waals surface area contributed by atoms with Crippen LogP contribution in [0.4, 0.5) is 5.69 Å². The van der Waals surface area contributed by atoms with E-state index in [0.717, 1.165) is 16.8 Å². The number of hydrogen-bond donors (Lipinski definition) is 2. The average molecular weight is 433 g/mol. The van der Waals surface area contributed by atoms with Crippen LogP contribution in [0.25, 0.3) is 0 Å². The highest BCUT2D eigenvalue weighted by molar-refractivity contribution is 5.95. The highest BCUT2D eigenvalue weighted by Gasteiger charge is 2.12. The van der Waals surface area contributed by atoms with E-state index in [1.807, 2.05) is 42.5 Å². The van der Waals surface area contributed by atoms with E-state index in [4.69, 9.17) is 9.47 Å². The van der Waals surface area contributed by atoms with E-state index in [0.29, 0.717) is 42.7 Å². The van der Waals surface area contributed by atoms with Crippen LogP contribution in [0.3, 0.4) is 0 Å². The Balaban J connectivity index is 1.70. The van der Waals surface area contributed by atoms with Crippen molar-refractivity contribution < 1.29 is 14.3 Å². The Kier molecular flexibility index (Phi) is 8.14. The summed E-state index contributed by atoms with van der Waals surface area (Å²) in [5, 5.41) is 6.36. The maximum Gasteiger partial charge on any atom is 0.251 e. The van der Waals surface area contributed by atoms with Gasteiger partial charge in [-0.25, -0.2) is 0 Å². The van der Waals surface area contributed by atoms with Gasteiger partial charge in [-0.1, -0.05) is 61.9 Å². The molecule has 0 spiro atoms. The van der Waals surface area contributed by atoms with Gasteiger partial charge < -0.3 is 20.1 Å². The van der Waals surface area contributed by atoms with Crippen molar-refractivity contribution in [1.29, 1.82) is 0 Å². The summed E-state index contributed by atoms with van der Waals surface area (Å²) in [6, 6.07) is 21.7. The minimum absolute atomic E-state index is 0.0640. The van der Waals surface area contributed by atoms with Gasteiger partial charge in [0.25, 0.3) is 5.91 Å². The highest BCUT2D eigenvalue weighted by atomic mass is 16.5. The number of carbonyl (C=O) groups excluding carboxylic acids is 1. The molecule has 5 nitrogen and oxygen atoms in total. The first-order valence-corrected chi connectivity index (χ1v) is 10.9. The molecule has 3 rings (SSSR count). The van der Waals surface area contributed by atoms with Gasteiger partial charge in [0, 0.05) is 29.9 Å². The number of carbonyl (C=O) groups is 1. The fraction of sp³-hybridized carbons (Fsp3) is 0.296. The molecule has 0 unspecified atom stereocenters. The molecular formula is C27H32N2O3. The van der Waals surface area contributed by atoms with Crippen LogP contribution >= 0.6 is 0 Å². The van der Waals surface area contributed by atoms with Gasteiger partial charge in [0.1, 0.15) is 6.61 Å². The zero-order chi connectivity index (χ0) is 22.9. The first-order chi connectivity index (χ1) is 15.5. The molecule has 0 atom stereocenters. The molecule has 0 aromatic heterocycles. The molecular weight excluding hydrogens is 400 g/mol. The molecule has 0 heterocycles. The molecule has 0 saturated heterocycles. The third-order valence-corrected chi connectivity index (χ3v) is 5.06. The quantitative estimate of drug-likeness (QED) is 0.439. The van der Waals surface area contributed by atoms with Crippen LogP contribution in [0.5, 0.6) is 11.5 Å². The number of para-hydroxylation sites is 1. The lowest BCUT2D eigenvalue weighted by molar-refractivity contribution is 0.0949. The Bertz CT molecular complexity index is 1030. The van der Waals surface area contributed by atoms with Crippen molar-refractivity contribution in [2.75, 3.05) is 19.0 Å². The Hall–Kier alpha value is -3.47. The first kappa shape index (κ1) is 23.2. The predicted octanol–water partition coefficient (Wildman–Crippen LogP) is 5.58. The largest absolute Gasteiger partial charge is 0.493 e. The standard InChI is InChI=1S/C27H32N2O3/c1-19(2)16-29-27(30)22-7-5-9-24(15-22)28-17-23-8-6-10-25(31-4)26(23)32-18-21-13-11-20(3)12-14-21/h5-15,19,28H,16-18H2,1-4H3,(H,29,30). The van der Waals surface area contributed by atoms with Crippen LogP contribution < -0.4 is 20.1 Å². The predicted molar refractivity (Wildman–Crippen MR) is 129 cm³/mol. The van der Waals surface area contributed by atoms with Gasteiger partial charge in [0.15, 0.2) is 11.5 Å². The summed E-state index contributed by atoms with van der Waals surface area (Å²) in [7, 11) is 1.64. The smallest absolute Gasteiger partial charge is 0.251 e. The number of hydrogen-bond acceptors (Lipinski definition) is 4. The molecule has 3 aromatic rings. The molecule has 0 saturated carbocycles. The number of benzene rings is 3. The van der Waals surface area contributed by atoms with Crippen molar-refractivity contribution >= 4 is 11.6 Å². The number of anilines is 1. The Morgan fingerprint density at radius 3 is 2.47 bits per heavy atom. The Morgan fingerprint density at radius 1 is 1.00 bits per heavy atom. The van der Waals surface area contributed by atoms with E-state index in [2.05, 4.69) is 55.7 Å². The minimum atomic E-state index is -0.0640. The van der Waals surface area contributed by atoms with Crippen molar-refractivity contribution in [3.8, 4) is 11.5 Å². The van der Waals surface area contributed by atoms with Crippen LogP contribution in [0.2, 0.25) is 0 Å². The van der Waals surface area contributed by atoms with Gasteiger partial charge in [0.05, 0.1) is 7.11 Å². The number of aryl methyl sites for hydroxylation is 1. The molecule has 0 fully saturated rings. The molecule has 0 aliphatic rings. The molecule has 5 heteroatoms. The van der Waals surface area contributed by atoms with Gasteiger partial charge in [-0.15, -0.1) is 0 Å². The second-order valence-corrected chi connectivity index (χ2v) is 8.26. The molecule has 0 radical (unpaired) electrons. The fourth-order valence-corrected chi connectivity index (χ4v) is 3.23. The number of methoxy groups -OCH3 is 1. The van der Waals surface area contributed by atoms with Gasteiger partial charge in [-0.3, -0.25) is 4.79 Å². The second kappa shape index (κ2) is 11.2. The van der Waals surface area contributed by atoms with Gasteiger partial charge in [-0.05, 0) is 42.7 Å². The normalized spacial score (nSPS) is 10.7. The minimum Gasteiger partial charge on any atom is -0.493 e. The van der Waals surface area contributed by atoms with Crippen molar-refractivity contribution in [1.82, 2.24) is 5.32 Å². The number of rotatable bonds is 10. The number of nitrogens with one attached hydrogen (secondary N) is 2. The second-order valence-electron chi connectivity index (χ2n) is 8.26. The Labute approximate surface area is 190 Å². The van der Waals surface area contributed by atoms with Crippen LogP contribution in [0, 0.1) is 12.8 Å². The maximum atomic E-state index is 12.4. The zero-order valence-corrected chi connectivity index (χ0v) is 19.3. The molecule has 168 valence electrons. The summed E-state index contributed by atoms with van der Waals surface area (Å²) in [5.41, 5.74) is 4.80. The van der Waals surface area contributed by atoms with E-state index < -0.39 is 0 Å². The van der Waals surface area contributed by atoms with Crippen molar-refractivity contribution in [3.63, 3.8) is 0 Å². The highest BCUT2D eigenvalue weighted by Crippen LogP contribution is 2.32. The summed E-state index contributed by atoms with van der Waals surface area (Å²) in [6.45, 7) is 7.87. The maximum absolute atomic E-state index is 12.4. The number of ether oxygens (including phenoxy) is 2. The summed E-state index contributed by atoms with van der Waals surface area (Å²) < 4.78 is 11.7. The van der Waals surface area contributed by atoms with E-state index >= 15 is 0 Å². The summed E-state index contributed by atoms with van der Waals surface area (Å²) in [4.78, 5) is 12.4. The summed E-state index contributed by atoms with van der Waals surface area (Å²) in [6.07, 6.45) is 0. The van der Waals surface area contributed by atoms with Gasteiger partial charge >= 0.3 is 0 Å². The molecule has 0 aliphatic heterocycles. The Morgan fingerprint density at radius 2 is 1.75 bits per heavy atom. The van der Waals surface area contributed by atoms with Gasteiger partial charge in [0.2, 0.25) is 0 Å². The van der Waals surface area contributed by atoms with E-state index in [-0.39, 0.29) is 5.91 Å². The lowest BCUT2D eigenvalue weighted by atomic mass is 10.1. The van der Waals surface area contributed by atoms with Crippen LogP contribution in [-0.2, 0) is 13.2 Å².